The molecule has 10 nitrogen and oxygen atoms in total. The summed E-state index contributed by atoms with van der Waals surface area (Å²) >= 11 is 0. The first-order chi connectivity index (χ1) is 12.4. The number of carbonyl (C=O) groups is 5. The van der Waals surface area contributed by atoms with Crippen molar-refractivity contribution in [3.8, 4) is 0 Å². The molecule has 0 aromatic carbocycles. The van der Waals surface area contributed by atoms with Crippen molar-refractivity contribution in [2.75, 3.05) is 0 Å². The van der Waals surface area contributed by atoms with Crippen LogP contribution in [0.2, 0.25) is 0 Å². The van der Waals surface area contributed by atoms with Crippen LogP contribution in [0.3, 0.4) is 0 Å². The average Bonchev–Trinajstić information content (AvgIpc) is 2.54. The Balaban J connectivity index is 5.39. The molecule has 0 rings (SSSR count). The number of hydrogen-bond acceptors (Lipinski definition) is 5. The second-order valence-corrected chi connectivity index (χ2v) is 6.79. The summed E-state index contributed by atoms with van der Waals surface area (Å²) in [6, 6.07) is -3.56. The molecule has 0 heterocycles. The molecule has 0 aliphatic rings. The van der Waals surface area contributed by atoms with Crippen LogP contribution in [0, 0.1) is 11.8 Å². The van der Waals surface area contributed by atoms with Gasteiger partial charge in [0.05, 0.1) is 6.42 Å². The van der Waals surface area contributed by atoms with Gasteiger partial charge >= 0.3 is 11.9 Å². The topological polar surface area (TPSA) is 162 Å². The Bertz CT molecular complexity index is 577. The zero-order valence-corrected chi connectivity index (χ0v) is 16.2. The van der Waals surface area contributed by atoms with Gasteiger partial charge in [0.2, 0.25) is 17.7 Å². The van der Waals surface area contributed by atoms with Gasteiger partial charge in [-0.3, -0.25) is 19.2 Å². The molecule has 0 aromatic heterocycles. The molecule has 0 saturated carbocycles. The molecule has 0 aromatic rings. The van der Waals surface area contributed by atoms with E-state index in [4.69, 9.17) is 10.2 Å². The number of carbonyl (C=O) groups excluding carboxylic acids is 3. The van der Waals surface area contributed by atoms with Crippen LogP contribution in [0.4, 0.5) is 0 Å². The first-order valence-corrected chi connectivity index (χ1v) is 8.73. The van der Waals surface area contributed by atoms with Gasteiger partial charge in [-0.25, -0.2) is 4.79 Å². The highest BCUT2D eigenvalue weighted by Gasteiger charge is 2.33. The quantitative estimate of drug-likeness (QED) is 0.326. The number of amides is 3. The normalized spacial score (nSPS) is 15.2. The summed E-state index contributed by atoms with van der Waals surface area (Å²) in [7, 11) is 0. The number of rotatable bonds is 11. The Hall–Kier alpha value is -2.65. The molecule has 0 aliphatic carbocycles. The van der Waals surface area contributed by atoms with E-state index in [2.05, 4.69) is 16.0 Å². The van der Waals surface area contributed by atoms with Crippen molar-refractivity contribution < 1.29 is 34.2 Å². The van der Waals surface area contributed by atoms with Gasteiger partial charge in [0.25, 0.3) is 0 Å². The van der Waals surface area contributed by atoms with Crippen LogP contribution in [0.5, 0.6) is 0 Å². The molecule has 0 bridgehead atoms. The Kier molecular flexibility index (Phi) is 10.1. The molecule has 0 radical (unpaired) electrons. The van der Waals surface area contributed by atoms with Crippen molar-refractivity contribution in [1.82, 2.24) is 16.0 Å². The van der Waals surface area contributed by atoms with Crippen LogP contribution >= 0.6 is 0 Å². The first-order valence-electron chi connectivity index (χ1n) is 8.73. The molecule has 0 unspecified atom stereocenters. The van der Waals surface area contributed by atoms with Gasteiger partial charge in [-0.2, -0.15) is 0 Å². The zero-order valence-electron chi connectivity index (χ0n) is 16.2. The zero-order chi connectivity index (χ0) is 21.3. The maximum absolute atomic E-state index is 12.5. The minimum Gasteiger partial charge on any atom is -0.481 e. The minimum atomic E-state index is -1.62. The third-order valence-electron chi connectivity index (χ3n) is 4.09. The van der Waals surface area contributed by atoms with Gasteiger partial charge in [0.1, 0.15) is 18.1 Å². The summed E-state index contributed by atoms with van der Waals surface area (Å²) in [5.41, 5.74) is 0. The first kappa shape index (κ1) is 24.4. The van der Waals surface area contributed by atoms with Gasteiger partial charge in [-0.05, 0) is 11.8 Å². The van der Waals surface area contributed by atoms with Gasteiger partial charge in [-0.1, -0.05) is 34.1 Å². The molecule has 154 valence electrons. The molecule has 0 saturated heterocycles. The second-order valence-electron chi connectivity index (χ2n) is 6.79. The molecule has 3 amide bonds. The van der Waals surface area contributed by atoms with E-state index in [-0.39, 0.29) is 11.8 Å². The third kappa shape index (κ3) is 8.52. The second kappa shape index (κ2) is 11.1. The van der Waals surface area contributed by atoms with Gasteiger partial charge in [-0.15, -0.1) is 0 Å². The molecule has 0 aliphatic heterocycles. The van der Waals surface area contributed by atoms with Crippen LogP contribution in [0.1, 0.15) is 47.5 Å². The number of carboxylic acid groups (broad SMARTS) is 2. The van der Waals surface area contributed by atoms with Crippen molar-refractivity contribution in [1.29, 1.82) is 0 Å². The van der Waals surface area contributed by atoms with Gasteiger partial charge in [0.15, 0.2) is 0 Å². The number of aliphatic carboxylic acids is 2. The Morgan fingerprint density at radius 1 is 0.852 bits per heavy atom. The van der Waals surface area contributed by atoms with Gasteiger partial charge < -0.3 is 26.2 Å². The summed E-state index contributed by atoms with van der Waals surface area (Å²) in [6.07, 6.45) is -0.287. The maximum atomic E-state index is 12.5. The summed E-state index contributed by atoms with van der Waals surface area (Å²) in [5, 5.41) is 25.1. The summed E-state index contributed by atoms with van der Waals surface area (Å²) in [5.74, 6) is -5.23. The fourth-order valence-electron chi connectivity index (χ4n) is 2.34. The fourth-order valence-corrected chi connectivity index (χ4v) is 2.34. The standard InChI is InChI=1S/C17H29N3O7/c1-6-9(4)14(16(25)19-11(17(26)27)7-12(22)23)20-15(24)13(8(2)3)18-10(5)21/h8-9,11,13-14H,6-7H2,1-5H3,(H,18,21)(H,19,25)(H,20,24)(H,22,23)(H,26,27)/t9-,11-,13-,14-/m0/s1. The summed E-state index contributed by atoms with van der Waals surface area (Å²) in [4.78, 5) is 58.3. The van der Waals surface area contributed by atoms with Crippen LogP contribution in [-0.4, -0.2) is 58.0 Å². The van der Waals surface area contributed by atoms with Crippen LogP contribution in [0.15, 0.2) is 0 Å². The summed E-state index contributed by atoms with van der Waals surface area (Å²) < 4.78 is 0. The lowest BCUT2D eigenvalue weighted by atomic mass is 9.96. The van der Waals surface area contributed by atoms with Gasteiger partial charge in [0, 0.05) is 6.92 Å². The van der Waals surface area contributed by atoms with Crippen molar-refractivity contribution in [2.45, 2.75) is 65.6 Å². The molecular weight excluding hydrogens is 358 g/mol. The van der Waals surface area contributed by atoms with E-state index < -0.39 is 54.2 Å². The van der Waals surface area contributed by atoms with Crippen molar-refractivity contribution in [2.24, 2.45) is 11.8 Å². The van der Waals surface area contributed by atoms with E-state index in [1.54, 1.807) is 27.7 Å². The molecule has 0 spiro atoms. The lowest BCUT2D eigenvalue weighted by molar-refractivity contribution is -0.147. The van der Waals surface area contributed by atoms with E-state index in [1.165, 1.54) is 6.92 Å². The Morgan fingerprint density at radius 3 is 1.74 bits per heavy atom. The third-order valence-corrected chi connectivity index (χ3v) is 4.09. The van der Waals surface area contributed by atoms with Crippen molar-refractivity contribution in [3.63, 3.8) is 0 Å². The lowest BCUT2D eigenvalue weighted by Gasteiger charge is -2.28. The minimum absolute atomic E-state index is 0.242. The molecule has 5 N–H and O–H groups in total. The van der Waals surface area contributed by atoms with E-state index in [0.29, 0.717) is 6.42 Å². The number of hydrogen-bond donors (Lipinski definition) is 5. The fraction of sp³-hybridized carbons (Fsp3) is 0.706. The van der Waals surface area contributed by atoms with Crippen LogP contribution in [0.25, 0.3) is 0 Å². The molecule has 27 heavy (non-hydrogen) atoms. The number of nitrogens with one attached hydrogen (secondary N) is 3. The van der Waals surface area contributed by atoms with Crippen LogP contribution < -0.4 is 16.0 Å². The highest BCUT2D eigenvalue weighted by atomic mass is 16.4. The van der Waals surface area contributed by atoms with Crippen molar-refractivity contribution >= 4 is 29.7 Å². The number of carboxylic acids is 2. The largest absolute Gasteiger partial charge is 0.481 e. The Morgan fingerprint density at radius 2 is 1.37 bits per heavy atom. The lowest BCUT2D eigenvalue weighted by Crippen LogP contribution is -2.58. The Labute approximate surface area is 158 Å². The maximum Gasteiger partial charge on any atom is 0.326 e. The average molecular weight is 387 g/mol. The van der Waals surface area contributed by atoms with Crippen molar-refractivity contribution in [3.05, 3.63) is 0 Å². The van der Waals surface area contributed by atoms with E-state index in [0.717, 1.165) is 0 Å². The smallest absolute Gasteiger partial charge is 0.326 e. The molecule has 10 heteroatoms. The monoisotopic (exact) mass is 387 g/mol. The molecule has 0 fully saturated rings. The highest BCUT2D eigenvalue weighted by Crippen LogP contribution is 2.11. The van der Waals surface area contributed by atoms with Crippen LogP contribution in [-0.2, 0) is 24.0 Å². The van der Waals surface area contributed by atoms with E-state index >= 15 is 0 Å². The van der Waals surface area contributed by atoms with E-state index in [1.807, 2.05) is 0 Å². The molecule has 4 atom stereocenters. The predicted molar refractivity (Wildman–Crippen MR) is 95.6 cm³/mol. The summed E-state index contributed by atoms with van der Waals surface area (Å²) in [6.45, 7) is 8.21. The highest BCUT2D eigenvalue weighted by molar-refractivity contribution is 5.94. The predicted octanol–water partition coefficient (Wildman–Crippen LogP) is -0.278. The SMILES string of the molecule is CC[C@H](C)[C@H](NC(=O)[C@@H](NC(C)=O)C(C)C)C(=O)N[C@@H](CC(=O)O)C(=O)O. The van der Waals surface area contributed by atoms with E-state index in [9.17, 15) is 24.0 Å². The molecular formula is C17H29N3O7.